The SMILES string of the molecule is CCCC[C@](C)(O)CC=C[C@@H]1[C@H]2CC(CCc3ccncc3)=C[C@H]2C[C@H]1O. The molecule has 2 N–H and O–H groups in total. The molecule has 0 radical (unpaired) electrons. The van der Waals surface area contributed by atoms with Crippen molar-refractivity contribution in [3.8, 4) is 0 Å². The second-order valence-electron chi connectivity index (χ2n) is 8.83. The molecule has 2 aliphatic rings. The fourth-order valence-electron chi connectivity index (χ4n) is 4.78. The molecule has 2 aliphatic carbocycles. The van der Waals surface area contributed by atoms with Crippen LogP contribution in [0.3, 0.4) is 0 Å². The Morgan fingerprint density at radius 2 is 2.04 bits per heavy atom. The molecule has 0 aliphatic heterocycles. The van der Waals surface area contributed by atoms with Gasteiger partial charge < -0.3 is 10.2 Å². The van der Waals surface area contributed by atoms with Gasteiger partial charge in [0.2, 0.25) is 0 Å². The lowest BCUT2D eigenvalue weighted by Gasteiger charge is -2.22. The molecule has 3 rings (SSSR count). The lowest BCUT2D eigenvalue weighted by atomic mass is 9.87. The highest BCUT2D eigenvalue weighted by Crippen LogP contribution is 2.48. The molecule has 0 amide bonds. The number of aromatic nitrogens is 1. The number of aliphatic hydroxyl groups excluding tert-OH is 1. The summed E-state index contributed by atoms with van der Waals surface area (Å²) in [6.45, 7) is 4.08. The zero-order chi connectivity index (χ0) is 19.3. The molecule has 27 heavy (non-hydrogen) atoms. The minimum atomic E-state index is -0.626. The maximum Gasteiger partial charge on any atom is 0.0654 e. The summed E-state index contributed by atoms with van der Waals surface area (Å²) in [5.74, 6) is 1.28. The van der Waals surface area contributed by atoms with Crippen molar-refractivity contribution in [1.29, 1.82) is 0 Å². The highest BCUT2D eigenvalue weighted by molar-refractivity contribution is 5.22. The first-order valence-electron chi connectivity index (χ1n) is 10.6. The number of allylic oxidation sites excluding steroid dienone is 2. The van der Waals surface area contributed by atoms with Crippen molar-refractivity contribution in [2.45, 2.75) is 76.9 Å². The van der Waals surface area contributed by atoms with Crippen LogP contribution in [0.25, 0.3) is 0 Å². The van der Waals surface area contributed by atoms with Crippen LogP contribution >= 0.6 is 0 Å². The molecule has 1 heterocycles. The Balaban J connectivity index is 1.52. The number of hydrogen-bond donors (Lipinski definition) is 2. The normalized spacial score (nSPS) is 29.7. The highest BCUT2D eigenvalue weighted by Gasteiger charge is 2.43. The molecule has 148 valence electrons. The van der Waals surface area contributed by atoms with Gasteiger partial charge >= 0.3 is 0 Å². The third kappa shape index (κ3) is 5.52. The maximum atomic E-state index is 10.5. The van der Waals surface area contributed by atoms with Crippen LogP contribution in [0.5, 0.6) is 0 Å². The maximum absolute atomic E-state index is 10.5. The van der Waals surface area contributed by atoms with Gasteiger partial charge in [0.15, 0.2) is 0 Å². The van der Waals surface area contributed by atoms with E-state index in [-0.39, 0.29) is 12.0 Å². The predicted octanol–water partition coefficient (Wildman–Crippen LogP) is 4.85. The van der Waals surface area contributed by atoms with E-state index >= 15 is 0 Å². The molecule has 0 bridgehead atoms. The fourth-order valence-corrected chi connectivity index (χ4v) is 4.78. The smallest absolute Gasteiger partial charge is 0.0654 e. The highest BCUT2D eigenvalue weighted by atomic mass is 16.3. The number of aliphatic hydroxyl groups is 2. The summed E-state index contributed by atoms with van der Waals surface area (Å²) in [7, 11) is 0. The molecule has 0 aromatic carbocycles. The molecule has 1 aromatic rings. The lowest BCUT2D eigenvalue weighted by Crippen LogP contribution is -2.23. The zero-order valence-corrected chi connectivity index (χ0v) is 16.8. The van der Waals surface area contributed by atoms with Crippen LogP contribution in [0, 0.1) is 17.8 Å². The Hall–Kier alpha value is -1.45. The van der Waals surface area contributed by atoms with Crippen LogP contribution in [0.2, 0.25) is 0 Å². The molecular weight excluding hydrogens is 334 g/mol. The van der Waals surface area contributed by atoms with Crippen molar-refractivity contribution in [1.82, 2.24) is 4.98 Å². The molecular formula is C24H35NO2. The summed E-state index contributed by atoms with van der Waals surface area (Å²) in [6.07, 6.45) is 18.1. The molecule has 0 unspecified atom stereocenters. The second-order valence-corrected chi connectivity index (χ2v) is 8.83. The standard InChI is InChI=1S/C24H35NO2/c1-3-4-11-24(2,27)12-5-6-21-22-16-19(15-20(22)17-23(21)26)8-7-18-9-13-25-14-10-18/h5-6,9-10,13-15,20-23,26-27H,3-4,7-8,11-12,16-17H2,1-2H3/t20-,21+,22-,23+,24-/m0/s1. The van der Waals surface area contributed by atoms with Crippen molar-refractivity contribution in [3.63, 3.8) is 0 Å². The number of rotatable bonds is 9. The summed E-state index contributed by atoms with van der Waals surface area (Å²) in [5, 5.41) is 21.0. The third-order valence-corrected chi connectivity index (χ3v) is 6.42. The van der Waals surface area contributed by atoms with E-state index in [4.69, 9.17) is 0 Å². The second kappa shape index (κ2) is 9.16. The van der Waals surface area contributed by atoms with Gasteiger partial charge in [-0.15, -0.1) is 0 Å². The van der Waals surface area contributed by atoms with Crippen LogP contribution in [0.15, 0.2) is 48.3 Å². The van der Waals surface area contributed by atoms with Gasteiger partial charge in [0, 0.05) is 18.3 Å². The number of unbranched alkanes of at least 4 members (excludes halogenated alkanes) is 1. The predicted molar refractivity (Wildman–Crippen MR) is 110 cm³/mol. The Kier molecular flexibility index (Phi) is 6.88. The number of nitrogens with zero attached hydrogens (tertiary/aromatic N) is 1. The Bertz CT molecular complexity index is 650. The van der Waals surface area contributed by atoms with Gasteiger partial charge in [-0.05, 0) is 75.0 Å². The molecule has 0 saturated heterocycles. The Morgan fingerprint density at radius 3 is 2.78 bits per heavy atom. The molecule has 0 spiro atoms. The summed E-state index contributed by atoms with van der Waals surface area (Å²) in [6, 6.07) is 4.19. The Morgan fingerprint density at radius 1 is 1.26 bits per heavy atom. The first kappa shape index (κ1) is 20.3. The molecule has 5 atom stereocenters. The first-order valence-corrected chi connectivity index (χ1v) is 10.6. The van der Waals surface area contributed by atoms with Gasteiger partial charge in [0.25, 0.3) is 0 Å². The number of pyridine rings is 1. The van der Waals surface area contributed by atoms with E-state index in [0.717, 1.165) is 44.9 Å². The van der Waals surface area contributed by atoms with E-state index in [1.165, 1.54) is 5.56 Å². The first-order chi connectivity index (χ1) is 13.0. The van der Waals surface area contributed by atoms with Gasteiger partial charge in [0.05, 0.1) is 11.7 Å². The van der Waals surface area contributed by atoms with E-state index in [0.29, 0.717) is 18.3 Å². The van der Waals surface area contributed by atoms with Gasteiger partial charge in [0.1, 0.15) is 0 Å². The Labute approximate surface area is 164 Å². The van der Waals surface area contributed by atoms with E-state index in [1.54, 1.807) is 5.57 Å². The van der Waals surface area contributed by atoms with Gasteiger partial charge in [-0.1, -0.05) is 43.6 Å². The summed E-state index contributed by atoms with van der Waals surface area (Å²) >= 11 is 0. The summed E-state index contributed by atoms with van der Waals surface area (Å²) in [4.78, 5) is 4.08. The van der Waals surface area contributed by atoms with Crippen LogP contribution in [0.4, 0.5) is 0 Å². The zero-order valence-electron chi connectivity index (χ0n) is 16.8. The largest absolute Gasteiger partial charge is 0.392 e. The average molecular weight is 370 g/mol. The number of fused-ring (bicyclic) bond motifs is 1. The number of hydrogen-bond acceptors (Lipinski definition) is 3. The van der Waals surface area contributed by atoms with E-state index in [1.807, 2.05) is 19.3 Å². The monoisotopic (exact) mass is 369 g/mol. The topological polar surface area (TPSA) is 53.4 Å². The van der Waals surface area contributed by atoms with Crippen molar-refractivity contribution in [2.24, 2.45) is 17.8 Å². The minimum Gasteiger partial charge on any atom is -0.392 e. The molecule has 1 aromatic heterocycles. The summed E-state index contributed by atoms with van der Waals surface area (Å²) < 4.78 is 0. The van der Waals surface area contributed by atoms with Gasteiger partial charge in [-0.3, -0.25) is 4.98 Å². The lowest BCUT2D eigenvalue weighted by molar-refractivity contribution is 0.0513. The average Bonchev–Trinajstić information content (AvgIpc) is 3.17. The van der Waals surface area contributed by atoms with Crippen molar-refractivity contribution < 1.29 is 10.2 Å². The van der Waals surface area contributed by atoms with E-state index < -0.39 is 5.60 Å². The van der Waals surface area contributed by atoms with E-state index in [2.05, 4.69) is 42.3 Å². The van der Waals surface area contributed by atoms with Crippen molar-refractivity contribution in [2.75, 3.05) is 0 Å². The van der Waals surface area contributed by atoms with Crippen molar-refractivity contribution >= 4 is 0 Å². The van der Waals surface area contributed by atoms with Gasteiger partial charge in [-0.25, -0.2) is 0 Å². The minimum absolute atomic E-state index is 0.228. The van der Waals surface area contributed by atoms with Gasteiger partial charge in [-0.2, -0.15) is 0 Å². The van der Waals surface area contributed by atoms with E-state index in [9.17, 15) is 10.2 Å². The van der Waals surface area contributed by atoms with Crippen LogP contribution in [-0.2, 0) is 6.42 Å². The molecule has 3 nitrogen and oxygen atoms in total. The molecule has 1 fully saturated rings. The van der Waals surface area contributed by atoms with Crippen LogP contribution in [0.1, 0.15) is 64.4 Å². The molecule has 3 heteroatoms. The fraction of sp³-hybridized carbons (Fsp3) is 0.625. The van der Waals surface area contributed by atoms with Crippen LogP contribution in [-0.4, -0.2) is 26.9 Å². The van der Waals surface area contributed by atoms with Crippen molar-refractivity contribution in [3.05, 3.63) is 53.9 Å². The quantitative estimate of drug-likeness (QED) is 0.612. The summed E-state index contributed by atoms with van der Waals surface area (Å²) in [5.41, 5.74) is 2.26. The number of aryl methyl sites for hydroxylation is 1. The molecule has 1 saturated carbocycles. The van der Waals surface area contributed by atoms with Crippen LogP contribution < -0.4 is 0 Å². The third-order valence-electron chi connectivity index (χ3n) is 6.42.